The molecular weight excluding hydrogens is 308 g/mol. The Morgan fingerprint density at radius 2 is 2.28 bits per heavy atom. The normalized spacial score (nSPS) is 26.3. The van der Waals surface area contributed by atoms with Gasteiger partial charge in [0.15, 0.2) is 0 Å². The van der Waals surface area contributed by atoms with E-state index in [0.29, 0.717) is 6.04 Å². The molecule has 0 amide bonds. The van der Waals surface area contributed by atoms with Crippen molar-refractivity contribution < 1.29 is 0 Å². The predicted octanol–water partition coefficient (Wildman–Crippen LogP) is 3.88. The number of halogens is 1. The zero-order chi connectivity index (χ0) is 13.3. The molecule has 0 bridgehead atoms. The first-order valence-electron chi connectivity index (χ1n) is 6.72. The van der Waals surface area contributed by atoms with Crippen molar-refractivity contribution in [2.24, 2.45) is 17.6 Å². The van der Waals surface area contributed by atoms with Crippen LogP contribution in [0.3, 0.4) is 0 Å². The van der Waals surface area contributed by atoms with E-state index in [1.165, 1.54) is 22.3 Å². The zero-order valence-corrected chi connectivity index (χ0v) is 13.8. The van der Waals surface area contributed by atoms with Gasteiger partial charge >= 0.3 is 0 Å². The standard InChI is InChI=1S/C14H23BrN2S/c1-4-12(16)14(13-6-11(15)8-18-13)17(3)7-10-5-9(10)2/h6,8-10,12,14H,4-5,7,16H2,1-3H3. The van der Waals surface area contributed by atoms with E-state index in [-0.39, 0.29) is 6.04 Å². The van der Waals surface area contributed by atoms with Gasteiger partial charge in [0, 0.05) is 27.3 Å². The maximum atomic E-state index is 6.34. The molecule has 1 aromatic rings. The van der Waals surface area contributed by atoms with Crippen LogP contribution in [-0.4, -0.2) is 24.5 Å². The largest absolute Gasteiger partial charge is 0.326 e. The first kappa shape index (κ1) is 14.5. The number of hydrogen-bond donors (Lipinski definition) is 1. The summed E-state index contributed by atoms with van der Waals surface area (Å²) in [6.45, 7) is 5.69. The van der Waals surface area contributed by atoms with Gasteiger partial charge in [0.25, 0.3) is 0 Å². The lowest BCUT2D eigenvalue weighted by molar-refractivity contribution is 0.202. The van der Waals surface area contributed by atoms with Gasteiger partial charge in [-0.15, -0.1) is 11.3 Å². The lowest BCUT2D eigenvalue weighted by Gasteiger charge is -2.31. The molecular formula is C14H23BrN2S. The first-order chi connectivity index (χ1) is 8.52. The molecule has 1 aliphatic carbocycles. The van der Waals surface area contributed by atoms with Gasteiger partial charge in [-0.25, -0.2) is 0 Å². The van der Waals surface area contributed by atoms with Crippen LogP contribution >= 0.6 is 27.3 Å². The third kappa shape index (κ3) is 3.35. The molecule has 1 aromatic heterocycles. The summed E-state index contributed by atoms with van der Waals surface area (Å²) in [5.41, 5.74) is 6.34. The van der Waals surface area contributed by atoms with Gasteiger partial charge in [-0.05, 0) is 53.7 Å². The van der Waals surface area contributed by atoms with Gasteiger partial charge in [-0.3, -0.25) is 4.90 Å². The molecule has 0 aliphatic heterocycles. The van der Waals surface area contributed by atoms with Crippen molar-refractivity contribution in [3.05, 3.63) is 20.8 Å². The predicted molar refractivity (Wildman–Crippen MR) is 82.9 cm³/mol. The molecule has 1 aliphatic rings. The SMILES string of the molecule is CCC(N)C(c1cc(Br)cs1)N(C)CC1CC1C. The fraction of sp³-hybridized carbons (Fsp3) is 0.714. The zero-order valence-electron chi connectivity index (χ0n) is 11.4. The topological polar surface area (TPSA) is 29.3 Å². The van der Waals surface area contributed by atoms with E-state index in [1.54, 1.807) is 0 Å². The molecule has 102 valence electrons. The van der Waals surface area contributed by atoms with Crippen molar-refractivity contribution in [2.45, 2.75) is 38.8 Å². The number of nitrogens with zero attached hydrogens (tertiary/aromatic N) is 1. The van der Waals surface area contributed by atoms with Crippen molar-refractivity contribution in [2.75, 3.05) is 13.6 Å². The van der Waals surface area contributed by atoms with Crippen LogP contribution < -0.4 is 5.73 Å². The quantitative estimate of drug-likeness (QED) is 0.857. The smallest absolute Gasteiger partial charge is 0.0591 e. The van der Waals surface area contributed by atoms with Crippen molar-refractivity contribution in [3.63, 3.8) is 0 Å². The van der Waals surface area contributed by atoms with Crippen molar-refractivity contribution in [3.8, 4) is 0 Å². The molecule has 2 nitrogen and oxygen atoms in total. The first-order valence-corrected chi connectivity index (χ1v) is 8.40. The molecule has 0 spiro atoms. The summed E-state index contributed by atoms with van der Waals surface area (Å²) in [4.78, 5) is 3.84. The van der Waals surface area contributed by atoms with E-state index >= 15 is 0 Å². The van der Waals surface area contributed by atoms with Crippen molar-refractivity contribution in [1.82, 2.24) is 4.90 Å². The van der Waals surface area contributed by atoms with E-state index in [1.807, 2.05) is 11.3 Å². The van der Waals surface area contributed by atoms with E-state index in [0.717, 1.165) is 18.3 Å². The number of thiophene rings is 1. The summed E-state index contributed by atoms with van der Waals surface area (Å²) in [5.74, 6) is 1.78. The van der Waals surface area contributed by atoms with Crippen molar-refractivity contribution in [1.29, 1.82) is 0 Å². The third-order valence-electron chi connectivity index (χ3n) is 4.03. The fourth-order valence-electron chi connectivity index (χ4n) is 2.60. The average Bonchev–Trinajstić information content (AvgIpc) is 2.84. The monoisotopic (exact) mass is 330 g/mol. The Kier molecular flexibility index (Phi) is 4.86. The maximum absolute atomic E-state index is 6.34. The van der Waals surface area contributed by atoms with Crippen LogP contribution in [0.5, 0.6) is 0 Å². The molecule has 1 heterocycles. The molecule has 0 saturated heterocycles. The van der Waals surface area contributed by atoms with Crippen LogP contribution in [0.15, 0.2) is 15.9 Å². The van der Waals surface area contributed by atoms with E-state index in [9.17, 15) is 0 Å². The molecule has 4 heteroatoms. The second kappa shape index (κ2) is 6.04. The molecule has 2 rings (SSSR count). The summed E-state index contributed by atoms with van der Waals surface area (Å²) >= 11 is 5.35. The Labute approximate surface area is 123 Å². The maximum Gasteiger partial charge on any atom is 0.0591 e. The lowest BCUT2D eigenvalue weighted by atomic mass is 10.0. The molecule has 4 unspecified atom stereocenters. The Morgan fingerprint density at radius 1 is 1.61 bits per heavy atom. The Morgan fingerprint density at radius 3 is 2.72 bits per heavy atom. The highest BCUT2D eigenvalue weighted by Crippen LogP contribution is 2.40. The molecule has 1 saturated carbocycles. The summed E-state index contributed by atoms with van der Waals surface area (Å²) < 4.78 is 1.17. The van der Waals surface area contributed by atoms with Gasteiger partial charge in [0.2, 0.25) is 0 Å². The Hall–Kier alpha value is 0.1000. The number of nitrogens with two attached hydrogens (primary N) is 1. The fourth-order valence-corrected chi connectivity index (χ4v) is 4.28. The Balaban J connectivity index is 2.09. The molecule has 18 heavy (non-hydrogen) atoms. The van der Waals surface area contributed by atoms with Crippen LogP contribution in [0, 0.1) is 11.8 Å². The summed E-state index contributed by atoms with van der Waals surface area (Å²) in [6.07, 6.45) is 2.40. The summed E-state index contributed by atoms with van der Waals surface area (Å²) in [6, 6.07) is 2.80. The number of hydrogen-bond acceptors (Lipinski definition) is 3. The highest BCUT2D eigenvalue weighted by Gasteiger charge is 2.36. The second-order valence-electron chi connectivity index (χ2n) is 5.60. The molecule has 1 fully saturated rings. The minimum Gasteiger partial charge on any atom is -0.326 e. The molecule has 0 radical (unpaired) electrons. The highest BCUT2D eigenvalue weighted by atomic mass is 79.9. The van der Waals surface area contributed by atoms with Gasteiger partial charge in [-0.2, -0.15) is 0 Å². The Bertz CT molecular complexity index is 393. The van der Waals surface area contributed by atoms with Crippen LogP contribution in [0.4, 0.5) is 0 Å². The minimum absolute atomic E-state index is 0.217. The van der Waals surface area contributed by atoms with E-state index in [4.69, 9.17) is 5.73 Å². The number of rotatable bonds is 6. The lowest BCUT2D eigenvalue weighted by Crippen LogP contribution is -2.39. The van der Waals surface area contributed by atoms with Gasteiger partial charge in [0.05, 0.1) is 6.04 Å². The van der Waals surface area contributed by atoms with Crippen LogP contribution in [0.2, 0.25) is 0 Å². The summed E-state index contributed by atoms with van der Waals surface area (Å²) in [5, 5.41) is 2.15. The van der Waals surface area contributed by atoms with Crippen LogP contribution in [0.25, 0.3) is 0 Å². The molecule has 4 atom stereocenters. The molecule has 2 N–H and O–H groups in total. The third-order valence-corrected chi connectivity index (χ3v) is 5.79. The number of likely N-dealkylation sites (N-methyl/N-ethyl adjacent to an activating group) is 1. The second-order valence-corrected chi connectivity index (χ2v) is 7.46. The van der Waals surface area contributed by atoms with Crippen LogP contribution in [0.1, 0.15) is 37.6 Å². The highest BCUT2D eigenvalue weighted by molar-refractivity contribution is 9.10. The van der Waals surface area contributed by atoms with Gasteiger partial charge < -0.3 is 5.73 Å². The van der Waals surface area contributed by atoms with E-state index < -0.39 is 0 Å². The van der Waals surface area contributed by atoms with Crippen molar-refractivity contribution >= 4 is 27.3 Å². The van der Waals surface area contributed by atoms with E-state index in [2.05, 4.69) is 53.2 Å². The average molecular weight is 331 g/mol. The van der Waals surface area contributed by atoms with Gasteiger partial charge in [-0.1, -0.05) is 13.8 Å². The van der Waals surface area contributed by atoms with Crippen LogP contribution in [-0.2, 0) is 0 Å². The summed E-state index contributed by atoms with van der Waals surface area (Å²) in [7, 11) is 2.22. The molecule has 0 aromatic carbocycles. The minimum atomic E-state index is 0.217. The van der Waals surface area contributed by atoms with Gasteiger partial charge in [0.1, 0.15) is 0 Å².